The second-order valence-corrected chi connectivity index (χ2v) is 5.16. The maximum absolute atomic E-state index is 12.8. The minimum atomic E-state index is -0.252. The van der Waals surface area contributed by atoms with Crippen molar-refractivity contribution in [3.8, 4) is 0 Å². The standard InChI is InChI=1S/C17H20N2O2/c1-2-19(17(20)15-12-21-11-10-18-15)16-9-5-7-13-6-3-4-8-14(13)16/h3-9,15,18H,2,10-12H2,1H3. The Balaban J connectivity index is 1.96. The molecule has 110 valence electrons. The average Bonchev–Trinajstić information content (AvgIpc) is 2.56. The molecule has 0 radical (unpaired) electrons. The first-order chi connectivity index (χ1) is 10.3. The van der Waals surface area contributed by atoms with Crippen LogP contribution in [0, 0.1) is 0 Å². The van der Waals surface area contributed by atoms with E-state index in [1.54, 1.807) is 0 Å². The summed E-state index contributed by atoms with van der Waals surface area (Å²) in [5.74, 6) is 0.0774. The Kier molecular flexibility index (Phi) is 4.18. The monoisotopic (exact) mass is 284 g/mol. The van der Waals surface area contributed by atoms with E-state index in [-0.39, 0.29) is 11.9 Å². The van der Waals surface area contributed by atoms with E-state index in [1.165, 1.54) is 0 Å². The van der Waals surface area contributed by atoms with E-state index >= 15 is 0 Å². The number of fused-ring (bicyclic) bond motifs is 1. The molecule has 1 unspecified atom stereocenters. The fraction of sp³-hybridized carbons (Fsp3) is 0.353. The van der Waals surface area contributed by atoms with Crippen molar-refractivity contribution < 1.29 is 9.53 Å². The number of nitrogens with one attached hydrogen (secondary N) is 1. The number of hydrogen-bond acceptors (Lipinski definition) is 3. The van der Waals surface area contributed by atoms with Gasteiger partial charge >= 0.3 is 0 Å². The molecule has 1 N–H and O–H groups in total. The van der Waals surface area contributed by atoms with Crippen molar-refractivity contribution in [2.24, 2.45) is 0 Å². The van der Waals surface area contributed by atoms with E-state index in [4.69, 9.17) is 4.74 Å². The Morgan fingerprint density at radius 1 is 1.29 bits per heavy atom. The molecule has 4 heteroatoms. The van der Waals surface area contributed by atoms with E-state index in [0.29, 0.717) is 19.8 Å². The maximum atomic E-state index is 12.8. The van der Waals surface area contributed by atoms with Crippen molar-refractivity contribution in [3.05, 3.63) is 42.5 Å². The second kappa shape index (κ2) is 6.24. The number of likely N-dealkylation sites (N-methyl/N-ethyl adjacent to an activating group) is 1. The van der Waals surface area contributed by atoms with Crippen molar-refractivity contribution >= 4 is 22.4 Å². The molecule has 1 fully saturated rings. The SMILES string of the molecule is CCN(C(=O)C1COCCN1)c1cccc2ccccc12. The van der Waals surface area contributed by atoms with Crippen LogP contribution in [0.3, 0.4) is 0 Å². The maximum Gasteiger partial charge on any atom is 0.246 e. The van der Waals surface area contributed by atoms with E-state index in [2.05, 4.69) is 23.5 Å². The Labute approximate surface area is 124 Å². The van der Waals surface area contributed by atoms with Gasteiger partial charge in [-0.25, -0.2) is 0 Å². The lowest BCUT2D eigenvalue weighted by atomic mass is 10.1. The molecule has 1 aliphatic heterocycles. The van der Waals surface area contributed by atoms with Gasteiger partial charge in [0.05, 0.1) is 18.9 Å². The van der Waals surface area contributed by atoms with Crippen molar-refractivity contribution in [3.63, 3.8) is 0 Å². The number of nitrogens with zero attached hydrogens (tertiary/aromatic N) is 1. The molecule has 2 aromatic carbocycles. The van der Waals surface area contributed by atoms with Crippen LogP contribution in [0.15, 0.2) is 42.5 Å². The number of ether oxygens (including phenoxy) is 1. The van der Waals surface area contributed by atoms with Gasteiger partial charge < -0.3 is 15.0 Å². The number of hydrogen-bond donors (Lipinski definition) is 1. The predicted molar refractivity (Wildman–Crippen MR) is 84.6 cm³/mol. The van der Waals surface area contributed by atoms with Crippen LogP contribution in [0.2, 0.25) is 0 Å². The number of amides is 1. The molecule has 4 nitrogen and oxygen atoms in total. The van der Waals surface area contributed by atoms with Crippen molar-refractivity contribution in [1.82, 2.24) is 5.32 Å². The second-order valence-electron chi connectivity index (χ2n) is 5.16. The summed E-state index contributed by atoms with van der Waals surface area (Å²) in [6.07, 6.45) is 0. The van der Waals surface area contributed by atoms with Crippen molar-refractivity contribution in [2.45, 2.75) is 13.0 Å². The summed E-state index contributed by atoms with van der Waals surface area (Å²) in [5.41, 5.74) is 0.966. The van der Waals surface area contributed by atoms with Crippen LogP contribution in [-0.4, -0.2) is 38.3 Å². The molecule has 0 bridgehead atoms. The van der Waals surface area contributed by atoms with E-state index < -0.39 is 0 Å². The molecular formula is C17H20N2O2. The van der Waals surface area contributed by atoms with Gasteiger partial charge in [0.2, 0.25) is 5.91 Å². The minimum absolute atomic E-state index is 0.0774. The van der Waals surface area contributed by atoms with Crippen molar-refractivity contribution in [1.29, 1.82) is 0 Å². The molecule has 2 aromatic rings. The molecule has 1 aliphatic rings. The molecule has 1 heterocycles. The first kappa shape index (κ1) is 14.0. The number of carbonyl (C=O) groups excluding carboxylic acids is 1. The highest BCUT2D eigenvalue weighted by molar-refractivity contribution is 6.05. The molecule has 1 saturated heterocycles. The van der Waals surface area contributed by atoms with Crippen LogP contribution in [-0.2, 0) is 9.53 Å². The fourth-order valence-electron chi connectivity index (χ4n) is 2.80. The molecule has 0 saturated carbocycles. The first-order valence-electron chi connectivity index (χ1n) is 7.41. The molecule has 1 amide bonds. The molecule has 1 atom stereocenters. The summed E-state index contributed by atoms with van der Waals surface area (Å²) in [6, 6.07) is 14.0. The fourth-order valence-corrected chi connectivity index (χ4v) is 2.80. The summed E-state index contributed by atoms with van der Waals surface area (Å²) < 4.78 is 5.41. The van der Waals surface area contributed by atoms with Gasteiger partial charge in [-0.2, -0.15) is 0 Å². The summed E-state index contributed by atoms with van der Waals surface area (Å²) in [4.78, 5) is 14.6. The molecule has 0 spiro atoms. The quantitative estimate of drug-likeness (QED) is 0.939. The number of carbonyl (C=O) groups is 1. The van der Waals surface area contributed by atoms with Gasteiger partial charge in [0.25, 0.3) is 0 Å². The van der Waals surface area contributed by atoms with Gasteiger partial charge in [0, 0.05) is 18.5 Å². The summed E-state index contributed by atoms with van der Waals surface area (Å²) in [6.45, 7) is 4.49. The lowest BCUT2D eigenvalue weighted by Crippen LogP contribution is -2.52. The highest BCUT2D eigenvalue weighted by atomic mass is 16.5. The highest BCUT2D eigenvalue weighted by Crippen LogP contribution is 2.27. The van der Waals surface area contributed by atoms with E-state index in [1.807, 2.05) is 36.1 Å². The Morgan fingerprint density at radius 3 is 2.86 bits per heavy atom. The van der Waals surface area contributed by atoms with Crippen LogP contribution in [0.25, 0.3) is 10.8 Å². The Morgan fingerprint density at radius 2 is 2.10 bits per heavy atom. The normalized spacial score (nSPS) is 18.6. The van der Waals surface area contributed by atoms with Crippen LogP contribution in [0.4, 0.5) is 5.69 Å². The number of anilines is 1. The molecule has 0 aliphatic carbocycles. The van der Waals surface area contributed by atoms with Crippen LogP contribution in [0.5, 0.6) is 0 Å². The lowest BCUT2D eigenvalue weighted by Gasteiger charge is -2.30. The van der Waals surface area contributed by atoms with Crippen LogP contribution in [0.1, 0.15) is 6.92 Å². The third-order valence-electron chi connectivity index (χ3n) is 3.86. The predicted octanol–water partition coefficient (Wildman–Crippen LogP) is 2.18. The third kappa shape index (κ3) is 2.77. The average molecular weight is 284 g/mol. The first-order valence-corrected chi connectivity index (χ1v) is 7.41. The Hall–Kier alpha value is -1.91. The third-order valence-corrected chi connectivity index (χ3v) is 3.86. The van der Waals surface area contributed by atoms with Gasteiger partial charge in [-0.05, 0) is 18.4 Å². The number of morpholine rings is 1. The summed E-state index contributed by atoms with van der Waals surface area (Å²) >= 11 is 0. The zero-order valence-corrected chi connectivity index (χ0v) is 12.2. The van der Waals surface area contributed by atoms with Gasteiger partial charge in [0.15, 0.2) is 0 Å². The molecule has 0 aromatic heterocycles. The zero-order chi connectivity index (χ0) is 14.7. The molecule has 3 rings (SSSR count). The van der Waals surface area contributed by atoms with Gasteiger partial charge in [-0.1, -0.05) is 36.4 Å². The van der Waals surface area contributed by atoms with Crippen LogP contribution >= 0.6 is 0 Å². The topological polar surface area (TPSA) is 41.6 Å². The van der Waals surface area contributed by atoms with Gasteiger partial charge in [0.1, 0.15) is 6.04 Å². The van der Waals surface area contributed by atoms with Gasteiger partial charge in [-0.3, -0.25) is 4.79 Å². The minimum Gasteiger partial charge on any atom is -0.378 e. The number of rotatable bonds is 3. The smallest absolute Gasteiger partial charge is 0.246 e. The lowest BCUT2D eigenvalue weighted by molar-refractivity contribution is -0.123. The van der Waals surface area contributed by atoms with E-state index in [9.17, 15) is 4.79 Å². The summed E-state index contributed by atoms with van der Waals surface area (Å²) in [7, 11) is 0. The van der Waals surface area contributed by atoms with E-state index in [0.717, 1.165) is 23.0 Å². The largest absolute Gasteiger partial charge is 0.378 e. The summed E-state index contributed by atoms with van der Waals surface area (Å²) in [5, 5.41) is 5.49. The van der Waals surface area contributed by atoms with Crippen molar-refractivity contribution in [2.75, 3.05) is 31.2 Å². The highest BCUT2D eigenvalue weighted by Gasteiger charge is 2.27. The Bertz CT molecular complexity index is 630. The van der Waals surface area contributed by atoms with Crippen LogP contribution < -0.4 is 10.2 Å². The zero-order valence-electron chi connectivity index (χ0n) is 12.2. The van der Waals surface area contributed by atoms with Gasteiger partial charge in [-0.15, -0.1) is 0 Å². The number of benzene rings is 2. The molecular weight excluding hydrogens is 264 g/mol. The molecule has 21 heavy (non-hydrogen) atoms.